The number of pyridine rings is 1. The van der Waals surface area contributed by atoms with E-state index < -0.39 is 30.2 Å². The second-order valence-electron chi connectivity index (χ2n) is 4.96. The number of ether oxygens (including phenoxy) is 2. The van der Waals surface area contributed by atoms with Crippen molar-refractivity contribution < 1.29 is 24.5 Å². The summed E-state index contributed by atoms with van der Waals surface area (Å²) in [7, 11) is 1.51. The first kappa shape index (κ1) is 12.4. The van der Waals surface area contributed by atoms with Crippen LogP contribution in [0.5, 0.6) is 5.88 Å². The van der Waals surface area contributed by atoms with Gasteiger partial charge in [-0.2, -0.15) is 0 Å². The molecule has 0 aliphatic carbocycles. The van der Waals surface area contributed by atoms with Crippen molar-refractivity contribution in [1.82, 2.24) is 4.98 Å². The molecule has 6 heteroatoms. The fourth-order valence-electron chi connectivity index (χ4n) is 3.16. The Balaban J connectivity index is 1.98. The lowest BCUT2D eigenvalue weighted by atomic mass is 9.74. The van der Waals surface area contributed by atoms with Gasteiger partial charge in [0.2, 0.25) is 5.88 Å². The van der Waals surface area contributed by atoms with E-state index in [1.807, 2.05) is 0 Å². The number of carbonyl (C=O) groups is 1. The van der Waals surface area contributed by atoms with Crippen LogP contribution in [0.3, 0.4) is 0 Å². The van der Waals surface area contributed by atoms with Crippen molar-refractivity contribution in [3.63, 3.8) is 0 Å². The Labute approximate surface area is 110 Å². The third kappa shape index (κ3) is 1.87. The number of hydrogen-bond donors (Lipinski definition) is 2. The lowest BCUT2D eigenvalue weighted by Crippen LogP contribution is -2.38. The number of aliphatic hydroxyl groups is 1. The largest absolute Gasteiger partial charge is 0.481 e. The molecule has 0 spiro atoms. The van der Waals surface area contributed by atoms with Crippen molar-refractivity contribution in [3.8, 4) is 5.88 Å². The van der Waals surface area contributed by atoms with Crippen LogP contribution in [-0.4, -0.2) is 46.6 Å². The number of rotatable bonds is 3. The van der Waals surface area contributed by atoms with Gasteiger partial charge in [0.1, 0.15) is 0 Å². The van der Waals surface area contributed by atoms with E-state index in [4.69, 9.17) is 9.47 Å². The van der Waals surface area contributed by atoms with Gasteiger partial charge in [0.25, 0.3) is 0 Å². The van der Waals surface area contributed by atoms with E-state index in [0.717, 1.165) is 5.56 Å². The van der Waals surface area contributed by atoms with Crippen molar-refractivity contribution in [3.05, 3.63) is 23.9 Å². The van der Waals surface area contributed by atoms with E-state index in [1.165, 1.54) is 7.11 Å². The van der Waals surface area contributed by atoms with Crippen molar-refractivity contribution in [2.24, 2.45) is 5.92 Å². The van der Waals surface area contributed by atoms with Crippen molar-refractivity contribution in [2.45, 2.75) is 30.7 Å². The van der Waals surface area contributed by atoms with Crippen LogP contribution in [0.1, 0.15) is 17.9 Å². The molecule has 0 amide bonds. The summed E-state index contributed by atoms with van der Waals surface area (Å²) < 4.78 is 10.7. The zero-order chi connectivity index (χ0) is 13.6. The van der Waals surface area contributed by atoms with Crippen molar-refractivity contribution in [1.29, 1.82) is 0 Å². The topological polar surface area (TPSA) is 88.9 Å². The molecule has 5 atom stereocenters. The minimum Gasteiger partial charge on any atom is -0.481 e. The average molecular weight is 265 g/mol. The lowest BCUT2D eigenvalue weighted by Gasteiger charge is -2.28. The van der Waals surface area contributed by atoms with E-state index in [2.05, 4.69) is 4.98 Å². The van der Waals surface area contributed by atoms with Gasteiger partial charge in [0, 0.05) is 24.6 Å². The highest BCUT2D eigenvalue weighted by atomic mass is 16.5. The number of fused-ring (bicyclic) bond motifs is 2. The molecular formula is C13H15NO5. The molecule has 102 valence electrons. The Morgan fingerprint density at radius 1 is 1.58 bits per heavy atom. The molecule has 3 heterocycles. The molecule has 2 N–H and O–H groups in total. The van der Waals surface area contributed by atoms with Crippen LogP contribution in [-0.2, 0) is 9.53 Å². The number of aliphatic hydroxyl groups excluding tert-OH is 1. The number of carboxylic acid groups (broad SMARTS) is 1. The third-order valence-electron chi connectivity index (χ3n) is 3.96. The van der Waals surface area contributed by atoms with Gasteiger partial charge in [-0.15, -0.1) is 0 Å². The molecular weight excluding hydrogens is 250 g/mol. The third-order valence-corrected chi connectivity index (χ3v) is 3.96. The summed E-state index contributed by atoms with van der Waals surface area (Å²) in [5.41, 5.74) is 0.783. The highest BCUT2D eigenvalue weighted by Crippen LogP contribution is 2.49. The van der Waals surface area contributed by atoms with Crippen LogP contribution in [0.4, 0.5) is 0 Å². The molecule has 3 rings (SSSR count). The van der Waals surface area contributed by atoms with Gasteiger partial charge in [-0.3, -0.25) is 4.79 Å². The summed E-state index contributed by atoms with van der Waals surface area (Å²) >= 11 is 0. The normalized spacial score (nSPS) is 36.4. The molecule has 1 aromatic heterocycles. The standard InChI is InChI=1S/C13H15NO5/c1-18-9-4-6(2-3-14-9)10-11(13(16)17)8-5-7(15)12(10)19-8/h2-4,7-8,10-12,15H,5H2,1H3,(H,16,17)/t7-,8+,10+,11-,12-/m0/s1. The van der Waals surface area contributed by atoms with E-state index in [9.17, 15) is 15.0 Å². The highest BCUT2D eigenvalue weighted by Gasteiger charge is 2.57. The monoisotopic (exact) mass is 265 g/mol. The Kier molecular flexibility index (Phi) is 2.91. The average Bonchev–Trinajstić information content (AvgIpc) is 2.95. The molecule has 2 aliphatic heterocycles. The summed E-state index contributed by atoms with van der Waals surface area (Å²) in [5.74, 6) is -1.44. The predicted molar refractivity (Wildman–Crippen MR) is 63.9 cm³/mol. The van der Waals surface area contributed by atoms with Gasteiger partial charge >= 0.3 is 5.97 Å². The van der Waals surface area contributed by atoms with Crippen LogP contribution in [0.2, 0.25) is 0 Å². The minimum atomic E-state index is -0.889. The van der Waals surface area contributed by atoms with Crippen LogP contribution >= 0.6 is 0 Å². The second kappa shape index (κ2) is 4.47. The molecule has 2 saturated heterocycles. The maximum atomic E-state index is 11.4. The second-order valence-corrected chi connectivity index (χ2v) is 4.96. The zero-order valence-electron chi connectivity index (χ0n) is 10.4. The molecule has 19 heavy (non-hydrogen) atoms. The fourth-order valence-corrected chi connectivity index (χ4v) is 3.16. The minimum absolute atomic E-state index is 0.358. The van der Waals surface area contributed by atoms with E-state index >= 15 is 0 Å². The molecule has 0 unspecified atom stereocenters. The van der Waals surface area contributed by atoms with Gasteiger partial charge in [0.05, 0.1) is 31.3 Å². The summed E-state index contributed by atoms with van der Waals surface area (Å²) in [5, 5.41) is 19.3. The molecule has 0 radical (unpaired) electrons. The van der Waals surface area contributed by atoms with Crippen LogP contribution in [0, 0.1) is 5.92 Å². The zero-order valence-corrected chi connectivity index (χ0v) is 10.4. The van der Waals surface area contributed by atoms with Gasteiger partial charge < -0.3 is 19.7 Å². The maximum Gasteiger partial charge on any atom is 0.309 e. The summed E-state index contributed by atoms with van der Waals surface area (Å²) in [6.07, 6.45) is 0.482. The van der Waals surface area contributed by atoms with Crippen LogP contribution in [0.25, 0.3) is 0 Å². The highest BCUT2D eigenvalue weighted by molar-refractivity contribution is 5.73. The van der Waals surface area contributed by atoms with E-state index in [-0.39, 0.29) is 5.92 Å². The summed E-state index contributed by atoms with van der Waals surface area (Å²) in [6, 6.07) is 3.46. The molecule has 2 bridgehead atoms. The smallest absolute Gasteiger partial charge is 0.309 e. The maximum absolute atomic E-state index is 11.4. The number of hydrogen-bond acceptors (Lipinski definition) is 5. The first-order valence-electron chi connectivity index (χ1n) is 6.18. The quantitative estimate of drug-likeness (QED) is 0.822. The molecule has 0 aromatic carbocycles. The SMILES string of the molecule is COc1cc([C@H]2[C@H]3O[C@H](C[C@@H]3O)[C@@H]2C(=O)O)ccn1. The Bertz CT molecular complexity index is 506. The van der Waals surface area contributed by atoms with Crippen LogP contribution in [0.15, 0.2) is 18.3 Å². The fraction of sp³-hybridized carbons (Fsp3) is 0.538. The first-order valence-corrected chi connectivity index (χ1v) is 6.18. The number of aliphatic carboxylic acids is 1. The van der Waals surface area contributed by atoms with Crippen molar-refractivity contribution in [2.75, 3.05) is 7.11 Å². The number of aromatic nitrogens is 1. The van der Waals surface area contributed by atoms with Gasteiger partial charge in [-0.1, -0.05) is 0 Å². The molecule has 1 aromatic rings. The summed E-state index contributed by atoms with van der Waals surface area (Å²) in [6.45, 7) is 0. The Morgan fingerprint density at radius 3 is 3.05 bits per heavy atom. The summed E-state index contributed by atoms with van der Waals surface area (Å²) in [4.78, 5) is 15.4. The Hall–Kier alpha value is -1.66. The van der Waals surface area contributed by atoms with Gasteiger partial charge in [0.15, 0.2) is 0 Å². The number of carboxylic acids is 1. The molecule has 2 aliphatic rings. The lowest BCUT2D eigenvalue weighted by molar-refractivity contribution is -0.144. The van der Waals surface area contributed by atoms with Gasteiger partial charge in [-0.05, 0) is 11.6 Å². The molecule has 6 nitrogen and oxygen atoms in total. The van der Waals surface area contributed by atoms with E-state index in [0.29, 0.717) is 12.3 Å². The number of nitrogens with zero attached hydrogens (tertiary/aromatic N) is 1. The van der Waals surface area contributed by atoms with Gasteiger partial charge in [-0.25, -0.2) is 4.98 Å². The van der Waals surface area contributed by atoms with Crippen LogP contribution < -0.4 is 4.74 Å². The molecule has 2 fully saturated rings. The predicted octanol–water partition coefficient (Wildman–Crippen LogP) is 0.407. The van der Waals surface area contributed by atoms with E-state index in [1.54, 1.807) is 18.3 Å². The van der Waals surface area contributed by atoms with Crippen molar-refractivity contribution >= 4 is 5.97 Å². The Morgan fingerprint density at radius 2 is 2.37 bits per heavy atom. The molecule has 0 saturated carbocycles. The first-order chi connectivity index (χ1) is 9.11. The number of methoxy groups -OCH3 is 1.